The summed E-state index contributed by atoms with van der Waals surface area (Å²) in [5.41, 5.74) is 0. The van der Waals surface area contributed by atoms with Crippen LogP contribution in [-0.2, 0) is 4.79 Å². The quantitative estimate of drug-likeness (QED) is 0.679. The SMILES string of the molecule is O=C(/C=C/c1cccs1)NCC(O)c1ccc(-c2ccco2)o1. The highest BCUT2D eigenvalue weighted by Crippen LogP contribution is 2.25. The van der Waals surface area contributed by atoms with Crippen molar-refractivity contribution in [2.75, 3.05) is 6.54 Å². The van der Waals surface area contributed by atoms with Crippen molar-refractivity contribution in [3.63, 3.8) is 0 Å². The molecule has 0 aliphatic rings. The van der Waals surface area contributed by atoms with Crippen LogP contribution in [-0.4, -0.2) is 17.6 Å². The molecule has 6 heteroatoms. The molecule has 0 radical (unpaired) electrons. The standard InChI is InChI=1S/C17H15NO4S/c19-13(11-18-17(20)8-5-12-3-2-10-23-12)14-6-7-16(22-14)15-4-1-9-21-15/h1-10,13,19H,11H2,(H,18,20)/b8-5+. The predicted octanol–water partition coefficient (Wildman–Crippen LogP) is 3.46. The van der Waals surface area contributed by atoms with Gasteiger partial charge in [0, 0.05) is 11.0 Å². The minimum absolute atomic E-state index is 0.0682. The maximum absolute atomic E-state index is 11.7. The van der Waals surface area contributed by atoms with Crippen molar-refractivity contribution in [2.45, 2.75) is 6.10 Å². The zero-order chi connectivity index (χ0) is 16.1. The van der Waals surface area contributed by atoms with Crippen LogP contribution in [0.4, 0.5) is 0 Å². The molecule has 3 heterocycles. The summed E-state index contributed by atoms with van der Waals surface area (Å²) in [6, 6.07) is 10.7. The number of nitrogens with one attached hydrogen (secondary N) is 1. The lowest BCUT2D eigenvalue weighted by Crippen LogP contribution is -2.26. The van der Waals surface area contributed by atoms with Crippen molar-refractivity contribution >= 4 is 23.3 Å². The van der Waals surface area contributed by atoms with Crippen LogP contribution in [0.3, 0.4) is 0 Å². The Morgan fingerprint density at radius 1 is 1.26 bits per heavy atom. The van der Waals surface area contributed by atoms with Gasteiger partial charge < -0.3 is 19.3 Å². The van der Waals surface area contributed by atoms with Crippen molar-refractivity contribution in [3.8, 4) is 11.5 Å². The molecule has 23 heavy (non-hydrogen) atoms. The van der Waals surface area contributed by atoms with Crippen molar-refractivity contribution in [1.82, 2.24) is 5.32 Å². The molecule has 3 aromatic rings. The smallest absolute Gasteiger partial charge is 0.244 e. The number of carbonyl (C=O) groups is 1. The van der Waals surface area contributed by atoms with Gasteiger partial charge in [0.1, 0.15) is 11.9 Å². The molecular formula is C17H15NO4S. The molecule has 3 rings (SSSR count). The number of carbonyl (C=O) groups excluding carboxylic acids is 1. The van der Waals surface area contributed by atoms with Crippen LogP contribution in [0.5, 0.6) is 0 Å². The minimum Gasteiger partial charge on any atom is -0.461 e. The van der Waals surface area contributed by atoms with Crippen LogP contribution in [0.2, 0.25) is 0 Å². The van der Waals surface area contributed by atoms with E-state index in [1.54, 1.807) is 47.9 Å². The van der Waals surface area contributed by atoms with E-state index in [4.69, 9.17) is 8.83 Å². The molecule has 0 saturated heterocycles. The lowest BCUT2D eigenvalue weighted by atomic mass is 10.2. The average Bonchev–Trinajstić information content (AvgIpc) is 3.31. The Morgan fingerprint density at radius 3 is 2.91 bits per heavy atom. The number of amides is 1. The molecule has 0 aliphatic carbocycles. The van der Waals surface area contributed by atoms with E-state index >= 15 is 0 Å². The summed E-state index contributed by atoms with van der Waals surface area (Å²) >= 11 is 1.55. The predicted molar refractivity (Wildman–Crippen MR) is 87.7 cm³/mol. The summed E-state index contributed by atoms with van der Waals surface area (Å²) in [4.78, 5) is 12.7. The molecule has 5 nitrogen and oxygen atoms in total. The summed E-state index contributed by atoms with van der Waals surface area (Å²) in [6.45, 7) is 0.0682. The van der Waals surface area contributed by atoms with Gasteiger partial charge >= 0.3 is 0 Å². The third-order valence-electron chi connectivity index (χ3n) is 3.13. The second kappa shape index (κ2) is 7.13. The van der Waals surface area contributed by atoms with Crippen LogP contribution < -0.4 is 5.32 Å². The van der Waals surface area contributed by atoms with Gasteiger partial charge in [-0.05, 0) is 41.8 Å². The molecule has 0 aliphatic heterocycles. The van der Waals surface area contributed by atoms with Gasteiger partial charge in [0.05, 0.1) is 12.8 Å². The first-order chi connectivity index (χ1) is 11.2. The highest BCUT2D eigenvalue weighted by molar-refractivity contribution is 7.10. The van der Waals surface area contributed by atoms with Crippen molar-refractivity contribution in [2.24, 2.45) is 0 Å². The Labute approximate surface area is 136 Å². The molecule has 118 valence electrons. The zero-order valence-electron chi connectivity index (χ0n) is 12.1. The van der Waals surface area contributed by atoms with Crippen LogP contribution in [0, 0.1) is 0 Å². The normalized spacial score (nSPS) is 12.6. The van der Waals surface area contributed by atoms with Gasteiger partial charge in [0.25, 0.3) is 0 Å². The Bertz CT molecular complexity index is 772. The Balaban J connectivity index is 1.53. The summed E-state index contributed by atoms with van der Waals surface area (Å²) in [5.74, 6) is 1.23. The average molecular weight is 329 g/mol. The second-order valence-corrected chi connectivity index (χ2v) is 5.77. The topological polar surface area (TPSA) is 75.6 Å². The lowest BCUT2D eigenvalue weighted by molar-refractivity contribution is -0.116. The number of aliphatic hydroxyl groups excluding tert-OH is 1. The van der Waals surface area contributed by atoms with E-state index in [1.165, 1.54) is 6.08 Å². The fraction of sp³-hybridized carbons (Fsp3) is 0.118. The maximum Gasteiger partial charge on any atom is 0.244 e. The number of hydrogen-bond acceptors (Lipinski definition) is 5. The van der Waals surface area contributed by atoms with Crippen molar-refractivity contribution in [3.05, 3.63) is 64.8 Å². The first kappa shape index (κ1) is 15.3. The van der Waals surface area contributed by atoms with Crippen LogP contribution in [0.1, 0.15) is 16.7 Å². The highest BCUT2D eigenvalue weighted by Gasteiger charge is 2.14. The van der Waals surface area contributed by atoms with Crippen LogP contribution in [0.15, 0.2) is 63.0 Å². The number of hydrogen-bond donors (Lipinski definition) is 2. The molecule has 0 bridgehead atoms. The molecular weight excluding hydrogens is 314 g/mol. The van der Waals surface area contributed by atoms with E-state index < -0.39 is 6.10 Å². The fourth-order valence-corrected chi connectivity index (χ4v) is 2.60. The molecule has 0 saturated carbocycles. The lowest BCUT2D eigenvalue weighted by Gasteiger charge is -2.08. The van der Waals surface area contributed by atoms with Gasteiger partial charge in [-0.25, -0.2) is 0 Å². The number of furan rings is 2. The first-order valence-electron chi connectivity index (χ1n) is 7.03. The summed E-state index contributed by atoms with van der Waals surface area (Å²) in [6.07, 6.45) is 3.80. The molecule has 1 unspecified atom stereocenters. The van der Waals surface area contributed by atoms with Crippen molar-refractivity contribution in [1.29, 1.82) is 0 Å². The van der Waals surface area contributed by atoms with E-state index in [0.29, 0.717) is 17.3 Å². The van der Waals surface area contributed by atoms with Crippen LogP contribution in [0.25, 0.3) is 17.6 Å². The zero-order valence-corrected chi connectivity index (χ0v) is 13.0. The molecule has 3 aromatic heterocycles. The monoisotopic (exact) mass is 329 g/mol. The molecule has 1 amide bonds. The van der Waals surface area contributed by atoms with Gasteiger partial charge in [0.15, 0.2) is 11.5 Å². The fourth-order valence-electron chi connectivity index (χ4n) is 1.98. The van der Waals surface area contributed by atoms with E-state index in [0.717, 1.165) is 4.88 Å². The summed E-state index contributed by atoms with van der Waals surface area (Å²) < 4.78 is 10.8. The Hall–Kier alpha value is -2.57. The van der Waals surface area contributed by atoms with Crippen molar-refractivity contribution < 1.29 is 18.7 Å². The van der Waals surface area contributed by atoms with Crippen LogP contribution >= 0.6 is 11.3 Å². The minimum atomic E-state index is -0.919. The molecule has 0 spiro atoms. The van der Waals surface area contributed by atoms with Gasteiger partial charge in [0.2, 0.25) is 5.91 Å². The van der Waals surface area contributed by atoms with E-state index in [9.17, 15) is 9.90 Å². The van der Waals surface area contributed by atoms with E-state index in [2.05, 4.69) is 5.32 Å². The van der Waals surface area contributed by atoms with Gasteiger partial charge in [-0.2, -0.15) is 0 Å². The molecule has 0 fully saturated rings. The summed E-state index contributed by atoms with van der Waals surface area (Å²) in [5, 5.41) is 14.6. The highest BCUT2D eigenvalue weighted by atomic mass is 32.1. The van der Waals surface area contributed by atoms with Gasteiger partial charge in [-0.1, -0.05) is 6.07 Å². The largest absolute Gasteiger partial charge is 0.461 e. The third kappa shape index (κ3) is 4.00. The summed E-state index contributed by atoms with van der Waals surface area (Å²) in [7, 11) is 0. The number of thiophene rings is 1. The molecule has 1 atom stereocenters. The first-order valence-corrected chi connectivity index (χ1v) is 7.91. The maximum atomic E-state index is 11.7. The van der Waals surface area contributed by atoms with E-state index in [-0.39, 0.29) is 12.5 Å². The van der Waals surface area contributed by atoms with Gasteiger partial charge in [-0.3, -0.25) is 4.79 Å². The number of rotatable bonds is 6. The third-order valence-corrected chi connectivity index (χ3v) is 3.97. The Morgan fingerprint density at radius 2 is 2.17 bits per heavy atom. The molecule has 2 N–H and O–H groups in total. The van der Waals surface area contributed by atoms with E-state index in [1.807, 2.05) is 17.5 Å². The number of aliphatic hydroxyl groups is 1. The molecule has 0 aromatic carbocycles. The Kier molecular flexibility index (Phi) is 4.75. The second-order valence-electron chi connectivity index (χ2n) is 4.79. The van der Waals surface area contributed by atoms with Gasteiger partial charge in [-0.15, -0.1) is 11.3 Å².